The van der Waals surface area contributed by atoms with Crippen LogP contribution >= 0.6 is 0 Å². The molecule has 18 heavy (non-hydrogen) atoms. The van der Waals surface area contributed by atoms with Crippen molar-refractivity contribution in [2.75, 3.05) is 46.1 Å². The normalized spacial score (nSPS) is 28.6. The highest BCUT2D eigenvalue weighted by Crippen LogP contribution is 2.18. The molecule has 2 unspecified atom stereocenters. The van der Waals surface area contributed by atoms with Gasteiger partial charge in [0.15, 0.2) is 0 Å². The summed E-state index contributed by atoms with van der Waals surface area (Å²) in [7, 11) is 0. The minimum absolute atomic E-state index is 0.192. The summed E-state index contributed by atoms with van der Waals surface area (Å²) in [6.45, 7) is 7.54. The zero-order valence-electron chi connectivity index (χ0n) is 11.2. The van der Waals surface area contributed by atoms with Crippen molar-refractivity contribution >= 4 is 5.91 Å². The van der Waals surface area contributed by atoms with Gasteiger partial charge in [0.05, 0.1) is 19.8 Å². The van der Waals surface area contributed by atoms with E-state index in [-0.39, 0.29) is 11.9 Å². The molecule has 104 valence electrons. The van der Waals surface area contributed by atoms with Crippen LogP contribution in [0.2, 0.25) is 0 Å². The minimum atomic E-state index is 0.192. The zero-order valence-corrected chi connectivity index (χ0v) is 11.2. The first-order valence-corrected chi connectivity index (χ1v) is 6.96. The molecule has 2 aliphatic rings. The lowest BCUT2D eigenvalue weighted by Crippen LogP contribution is -2.44. The molecule has 0 bridgehead atoms. The minimum Gasteiger partial charge on any atom is -0.381 e. The van der Waals surface area contributed by atoms with Crippen LogP contribution in [0.4, 0.5) is 0 Å². The Bertz CT molecular complexity index is 267. The van der Waals surface area contributed by atoms with E-state index < -0.39 is 0 Å². The van der Waals surface area contributed by atoms with Gasteiger partial charge in [-0.15, -0.1) is 0 Å². The molecule has 5 heteroatoms. The standard InChI is InChI=1S/C13H24N2O3/c1-2-17-9-11-3-5-15(8-11)13(16)7-12-10-18-6-4-14-12/h11-12,14H,2-10H2,1H3. The van der Waals surface area contributed by atoms with E-state index in [1.54, 1.807) is 0 Å². The number of ether oxygens (including phenoxy) is 2. The van der Waals surface area contributed by atoms with Crippen molar-refractivity contribution < 1.29 is 14.3 Å². The average Bonchev–Trinajstić information content (AvgIpc) is 2.86. The maximum absolute atomic E-state index is 12.1. The van der Waals surface area contributed by atoms with Crippen molar-refractivity contribution in [3.63, 3.8) is 0 Å². The predicted molar refractivity (Wildman–Crippen MR) is 68.4 cm³/mol. The molecule has 2 saturated heterocycles. The summed E-state index contributed by atoms with van der Waals surface area (Å²) >= 11 is 0. The summed E-state index contributed by atoms with van der Waals surface area (Å²) < 4.78 is 10.8. The van der Waals surface area contributed by atoms with Gasteiger partial charge in [-0.1, -0.05) is 0 Å². The van der Waals surface area contributed by atoms with Gasteiger partial charge in [0.25, 0.3) is 0 Å². The van der Waals surface area contributed by atoms with E-state index in [2.05, 4.69) is 5.32 Å². The molecule has 2 atom stereocenters. The highest BCUT2D eigenvalue weighted by Gasteiger charge is 2.28. The number of nitrogens with one attached hydrogen (secondary N) is 1. The fourth-order valence-corrected chi connectivity index (χ4v) is 2.57. The second-order valence-electron chi connectivity index (χ2n) is 5.08. The summed E-state index contributed by atoms with van der Waals surface area (Å²) in [5.74, 6) is 0.765. The quantitative estimate of drug-likeness (QED) is 0.766. The summed E-state index contributed by atoms with van der Waals surface area (Å²) in [6, 6.07) is 0.192. The Morgan fingerprint density at radius 1 is 1.56 bits per heavy atom. The Balaban J connectivity index is 1.69. The maximum Gasteiger partial charge on any atom is 0.224 e. The molecular formula is C13H24N2O3. The number of carbonyl (C=O) groups excluding carboxylic acids is 1. The highest BCUT2D eigenvalue weighted by molar-refractivity contribution is 5.77. The van der Waals surface area contributed by atoms with Crippen LogP contribution in [0.5, 0.6) is 0 Å². The lowest BCUT2D eigenvalue weighted by molar-refractivity contribution is -0.131. The summed E-state index contributed by atoms with van der Waals surface area (Å²) in [4.78, 5) is 14.1. The molecule has 0 aliphatic carbocycles. The Morgan fingerprint density at radius 2 is 2.44 bits per heavy atom. The third kappa shape index (κ3) is 3.93. The molecule has 2 heterocycles. The van der Waals surface area contributed by atoms with Crippen molar-refractivity contribution in [3.8, 4) is 0 Å². The first-order chi connectivity index (χ1) is 8.79. The van der Waals surface area contributed by atoms with Crippen molar-refractivity contribution in [2.24, 2.45) is 5.92 Å². The number of amides is 1. The summed E-state index contributed by atoms with van der Waals surface area (Å²) in [5, 5.41) is 3.32. The van der Waals surface area contributed by atoms with Gasteiger partial charge in [0.2, 0.25) is 5.91 Å². The third-order valence-electron chi connectivity index (χ3n) is 3.62. The molecule has 0 aromatic rings. The topological polar surface area (TPSA) is 50.8 Å². The molecule has 1 N–H and O–H groups in total. The van der Waals surface area contributed by atoms with Crippen LogP contribution in [-0.4, -0.2) is 62.9 Å². The number of morpholine rings is 1. The number of likely N-dealkylation sites (tertiary alicyclic amines) is 1. The fourth-order valence-electron chi connectivity index (χ4n) is 2.57. The largest absolute Gasteiger partial charge is 0.381 e. The predicted octanol–water partition coefficient (Wildman–Crippen LogP) is 0.250. The Labute approximate surface area is 109 Å². The molecule has 0 aromatic heterocycles. The molecule has 0 aromatic carbocycles. The van der Waals surface area contributed by atoms with Crippen LogP contribution in [0.25, 0.3) is 0 Å². The number of hydrogen-bond donors (Lipinski definition) is 1. The van der Waals surface area contributed by atoms with E-state index in [1.807, 2.05) is 11.8 Å². The second kappa shape index (κ2) is 7.07. The lowest BCUT2D eigenvalue weighted by Gasteiger charge is -2.25. The molecular weight excluding hydrogens is 232 g/mol. The van der Waals surface area contributed by atoms with Gasteiger partial charge in [-0.2, -0.15) is 0 Å². The van der Waals surface area contributed by atoms with Crippen LogP contribution in [0.15, 0.2) is 0 Å². The van der Waals surface area contributed by atoms with Gasteiger partial charge in [0.1, 0.15) is 0 Å². The van der Waals surface area contributed by atoms with Crippen LogP contribution in [-0.2, 0) is 14.3 Å². The Morgan fingerprint density at radius 3 is 3.17 bits per heavy atom. The molecule has 2 aliphatic heterocycles. The van der Waals surface area contributed by atoms with E-state index in [4.69, 9.17) is 9.47 Å². The third-order valence-corrected chi connectivity index (χ3v) is 3.62. The van der Waals surface area contributed by atoms with E-state index >= 15 is 0 Å². The van der Waals surface area contributed by atoms with Gasteiger partial charge in [-0.25, -0.2) is 0 Å². The molecule has 1 amide bonds. The van der Waals surface area contributed by atoms with Gasteiger partial charge < -0.3 is 19.7 Å². The van der Waals surface area contributed by atoms with E-state index in [0.717, 1.165) is 45.9 Å². The molecule has 2 fully saturated rings. The van der Waals surface area contributed by atoms with Gasteiger partial charge >= 0.3 is 0 Å². The molecule has 0 saturated carbocycles. The number of nitrogens with zero attached hydrogens (tertiary/aromatic N) is 1. The van der Waals surface area contributed by atoms with Crippen molar-refractivity contribution in [2.45, 2.75) is 25.8 Å². The van der Waals surface area contributed by atoms with Gasteiger partial charge in [-0.3, -0.25) is 4.79 Å². The van der Waals surface area contributed by atoms with Crippen LogP contribution in [0.3, 0.4) is 0 Å². The Kier molecular flexibility index (Phi) is 5.41. The maximum atomic E-state index is 12.1. The SMILES string of the molecule is CCOCC1CCN(C(=O)CC2COCCN2)C1. The number of hydrogen-bond acceptors (Lipinski definition) is 4. The van der Waals surface area contributed by atoms with Gasteiger partial charge in [0, 0.05) is 44.6 Å². The fraction of sp³-hybridized carbons (Fsp3) is 0.923. The van der Waals surface area contributed by atoms with Crippen LogP contribution in [0.1, 0.15) is 19.8 Å². The smallest absolute Gasteiger partial charge is 0.224 e. The number of carbonyl (C=O) groups is 1. The Hall–Kier alpha value is -0.650. The molecule has 0 spiro atoms. The van der Waals surface area contributed by atoms with E-state index in [0.29, 0.717) is 18.9 Å². The van der Waals surface area contributed by atoms with Crippen molar-refractivity contribution in [1.82, 2.24) is 10.2 Å². The monoisotopic (exact) mass is 256 g/mol. The lowest BCUT2D eigenvalue weighted by atomic mass is 10.1. The van der Waals surface area contributed by atoms with Crippen molar-refractivity contribution in [3.05, 3.63) is 0 Å². The summed E-state index contributed by atoms with van der Waals surface area (Å²) in [6.07, 6.45) is 1.63. The van der Waals surface area contributed by atoms with Crippen LogP contribution < -0.4 is 5.32 Å². The van der Waals surface area contributed by atoms with E-state index in [1.165, 1.54) is 0 Å². The second-order valence-corrected chi connectivity index (χ2v) is 5.08. The zero-order chi connectivity index (χ0) is 12.8. The first kappa shape index (κ1) is 13.8. The average molecular weight is 256 g/mol. The first-order valence-electron chi connectivity index (χ1n) is 6.96. The summed E-state index contributed by atoms with van der Waals surface area (Å²) in [5.41, 5.74) is 0. The molecule has 5 nitrogen and oxygen atoms in total. The van der Waals surface area contributed by atoms with Crippen molar-refractivity contribution in [1.29, 1.82) is 0 Å². The molecule has 0 radical (unpaired) electrons. The van der Waals surface area contributed by atoms with E-state index in [9.17, 15) is 4.79 Å². The van der Waals surface area contributed by atoms with Crippen LogP contribution in [0, 0.1) is 5.92 Å². The van der Waals surface area contributed by atoms with Gasteiger partial charge in [-0.05, 0) is 13.3 Å². The molecule has 2 rings (SSSR count). The highest BCUT2D eigenvalue weighted by atomic mass is 16.5. The number of rotatable bonds is 5.